The Kier molecular flexibility index (Phi) is 10.1. The third-order valence-corrected chi connectivity index (χ3v) is 4.91. The number of ether oxygens (including phenoxy) is 1. The van der Waals surface area contributed by atoms with Gasteiger partial charge in [-0.15, -0.1) is 0 Å². The van der Waals surface area contributed by atoms with Crippen LogP contribution in [0.15, 0.2) is 0 Å². The molecule has 1 rings (SSSR count). The third-order valence-electron chi connectivity index (χ3n) is 4.91. The normalized spacial score (nSPS) is 19.3. The van der Waals surface area contributed by atoms with Crippen LogP contribution in [0.3, 0.4) is 0 Å². The van der Waals surface area contributed by atoms with Gasteiger partial charge in [0.2, 0.25) is 0 Å². The van der Waals surface area contributed by atoms with E-state index in [1.807, 2.05) is 20.8 Å². The lowest BCUT2D eigenvalue weighted by Gasteiger charge is -2.17. The topological polar surface area (TPSA) is 29.5 Å². The fourth-order valence-corrected chi connectivity index (χ4v) is 3.38. The first-order valence-corrected chi connectivity index (χ1v) is 10.2. The van der Waals surface area contributed by atoms with E-state index in [1.54, 1.807) is 0 Å². The highest BCUT2D eigenvalue weighted by atomic mass is 16.5. The molecule has 0 radical (unpaired) electrons. The molecule has 142 valence electrons. The summed E-state index contributed by atoms with van der Waals surface area (Å²) in [5, 5.41) is 0. The van der Waals surface area contributed by atoms with Gasteiger partial charge in [-0.1, -0.05) is 52.9 Å². The molecule has 0 aromatic heterocycles. The van der Waals surface area contributed by atoms with Crippen molar-refractivity contribution in [1.82, 2.24) is 4.90 Å². The summed E-state index contributed by atoms with van der Waals surface area (Å²) in [7, 11) is 0. The Balaban J connectivity index is 1.89. The van der Waals surface area contributed by atoms with E-state index in [0.717, 1.165) is 19.4 Å². The van der Waals surface area contributed by atoms with Gasteiger partial charge in [0.15, 0.2) is 0 Å². The van der Waals surface area contributed by atoms with Crippen LogP contribution in [0.1, 0.15) is 92.4 Å². The highest BCUT2D eigenvalue weighted by Gasteiger charge is 2.23. The van der Waals surface area contributed by atoms with E-state index in [-0.39, 0.29) is 5.41 Å². The molecule has 0 N–H and O–H groups in total. The lowest BCUT2D eigenvalue weighted by Crippen LogP contribution is -2.25. The first-order chi connectivity index (χ1) is 11.3. The molecule has 0 aliphatic carbocycles. The number of hydrogen-bond donors (Lipinski definition) is 0. The molecule has 0 spiro atoms. The van der Waals surface area contributed by atoms with Crippen molar-refractivity contribution < 1.29 is 9.53 Å². The first kappa shape index (κ1) is 21.6. The van der Waals surface area contributed by atoms with Gasteiger partial charge in [-0.3, -0.25) is 4.79 Å². The summed E-state index contributed by atoms with van der Waals surface area (Å²) in [6.45, 7) is 13.9. The zero-order valence-corrected chi connectivity index (χ0v) is 16.9. The Morgan fingerprint density at radius 3 is 2.21 bits per heavy atom. The van der Waals surface area contributed by atoms with Gasteiger partial charge in [-0.05, 0) is 39.7 Å². The van der Waals surface area contributed by atoms with E-state index in [4.69, 9.17) is 4.74 Å². The minimum atomic E-state index is -0.158. The van der Waals surface area contributed by atoms with E-state index in [0.29, 0.717) is 18.0 Å². The van der Waals surface area contributed by atoms with Crippen molar-refractivity contribution in [3.63, 3.8) is 0 Å². The molecule has 0 saturated carbocycles. The van der Waals surface area contributed by atoms with Gasteiger partial charge in [0.25, 0.3) is 0 Å². The van der Waals surface area contributed by atoms with Gasteiger partial charge in [-0.2, -0.15) is 0 Å². The summed E-state index contributed by atoms with van der Waals surface area (Å²) in [5.41, 5.74) is -0.158. The molecular weight excluding hydrogens is 298 g/mol. The highest BCUT2D eigenvalue weighted by Crippen LogP contribution is 2.19. The molecule has 1 aliphatic rings. The Bertz CT molecular complexity index is 346. The average molecular weight is 340 g/mol. The number of unbranched alkanes of at least 4 members (excludes halogenated alkanes) is 6. The molecule has 0 aromatic carbocycles. The molecule has 3 heteroatoms. The largest absolute Gasteiger partial charge is 0.374 e. The monoisotopic (exact) mass is 339 g/mol. The van der Waals surface area contributed by atoms with Crippen molar-refractivity contribution in [2.24, 2.45) is 5.41 Å². The second-order valence-corrected chi connectivity index (χ2v) is 8.79. The number of Topliss-reactive ketones (excluding diaryl/α,β-unsaturated/α-hetero) is 1. The summed E-state index contributed by atoms with van der Waals surface area (Å²) in [6.07, 6.45) is 11.7. The maximum atomic E-state index is 11.8. The average Bonchev–Trinajstić information content (AvgIpc) is 2.90. The molecule has 1 fully saturated rings. The molecule has 0 amide bonds. The second-order valence-electron chi connectivity index (χ2n) is 8.79. The van der Waals surface area contributed by atoms with Gasteiger partial charge < -0.3 is 9.64 Å². The van der Waals surface area contributed by atoms with Crippen molar-refractivity contribution >= 4 is 5.78 Å². The van der Waals surface area contributed by atoms with Crippen LogP contribution in [0.5, 0.6) is 0 Å². The number of carbonyl (C=O) groups is 1. The van der Waals surface area contributed by atoms with Crippen LogP contribution in [-0.2, 0) is 9.53 Å². The van der Waals surface area contributed by atoms with Gasteiger partial charge in [0.1, 0.15) is 5.78 Å². The van der Waals surface area contributed by atoms with Gasteiger partial charge in [0, 0.05) is 24.9 Å². The van der Waals surface area contributed by atoms with Crippen molar-refractivity contribution in [1.29, 1.82) is 0 Å². The molecule has 24 heavy (non-hydrogen) atoms. The predicted molar refractivity (Wildman–Crippen MR) is 102 cm³/mol. The minimum Gasteiger partial charge on any atom is -0.374 e. The number of rotatable bonds is 12. The van der Waals surface area contributed by atoms with Crippen LogP contribution < -0.4 is 0 Å². The molecule has 1 saturated heterocycles. The number of hydrogen-bond acceptors (Lipinski definition) is 3. The molecule has 1 heterocycles. The summed E-state index contributed by atoms with van der Waals surface area (Å²) in [5.74, 6) is 0.410. The Hall–Kier alpha value is -0.410. The third kappa shape index (κ3) is 9.78. The molecule has 0 bridgehead atoms. The van der Waals surface area contributed by atoms with Crippen LogP contribution in [0.2, 0.25) is 0 Å². The van der Waals surface area contributed by atoms with E-state index in [2.05, 4.69) is 18.7 Å². The molecule has 0 unspecified atom stereocenters. The van der Waals surface area contributed by atoms with Gasteiger partial charge in [0.05, 0.1) is 12.2 Å². The van der Waals surface area contributed by atoms with E-state index >= 15 is 0 Å². The number of ketones is 1. The van der Waals surface area contributed by atoms with Crippen LogP contribution in [0.25, 0.3) is 0 Å². The lowest BCUT2D eigenvalue weighted by atomic mass is 9.88. The van der Waals surface area contributed by atoms with Crippen molar-refractivity contribution in [3.05, 3.63) is 0 Å². The number of nitrogens with zero attached hydrogens (tertiary/aromatic N) is 1. The van der Waals surface area contributed by atoms with Crippen molar-refractivity contribution in [3.8, 4) is 0 Å². The Morgan fingerprint density at radius 1 is 1.04 bits per heavy atom. The van der Waals surface area contributed by atoms with Gasteiger partial charge >= 0.3 is 0 Å². The summed E-state index contributed by atoms with van der Waals surface area (Å²) in [4.78, 5) is 14.4. The second kappa shape index (κ2) is 11.3. The lowest BCUT2D eigenvalue weighted by molar-refractivity contribution is -0.126. The SMILES string of the molecule is CC(C)O[C@@H]1CCN(CCCCCCCCCC(=O)C(C)(C)C)C1. The highest BCUT2D eigenvalue weighted by molar-refractivity contribution is 5.83. The fraction of sp³-hybridized carbons (Fsp3) is 0.952. The Morgan fingerprint density at radius 2 is 1.62 bits per heavy atom. The minimum absolute atomic E-state index is 0.158. The molecule has 1 aliphatic heterocycles. The smallest absolute Gasteiger partial charge is 0.138 e. The van der Waals surface area contributed by atoms with Crippen LogP contribution >= 0.6 is 0 Å². The Labute approximate surface area is 150 Å². The fourth-order valence-electron chi connectivity index (χ4n) is 3.38. The quantitative estimate of drug-likeness (QED) is 0.456. The van der Waals surface area contributed by atoms with E-state index in [9.17, 15) is 4.79 Å². The maximum Gasteiger partial charge on any atom is 0.138 e. The molecule has 3 nitrogen and oxygen atoms in total. The van der Waals surface area contributed by atoms with Crippen LogP contribution in [0, 0.1) is 5.41 Å². The standard InChI is InChI=1S/C21H41NO2/c1-18(2)24-19-14-16-22(17-19)15-12-10-8-6-7-9-11-13-20(23)21(3,4)5/h18-19H,6-17H2,1-5H3/t19-/m1/s1. The van der Waals surface area contributed by atoms with Crippen molar-refractivity contribution in [2.45, 2.75) is 105 Å². The molecule has 0 aromatic rings. The zero-order chi connectivity index (χ0) is 18.0. The molecule has 1 atom stereocenters. The number of likely N-dealkylation sites (tertiary alicyclic amines) is 1. The van der Waals surface area contributed by atoms with Gasteiger partial charge in [-0.25, -0.2) is 0 Å². The predicted octanol–water partition coefficient (Wildman–Crippen LogP) is 5.22. The summed E-state index contributed by atoms with van der Waals surface area (Å²) < 4.78 is 5.90. The zero-order valence-electron chi connectivity index (χ0n) is 16.9. The summed E-state index contributed by atoms with van der Waals surface area (Å²) >= 11 is 0. The number of carbonyl (C=O) groups excluding carboxylic acids is 1. The first-order valence-electron chi connectivity index (χ1n) is 10.2. The molecular formula is C21H41NO2. The summed E-state index contributed by atoms with van der Waals surface area (Å²) in [6, 6.07) is 0. The van der Waals surface area contributed by atoms with E-state index < -0.39 is 0 Å². The van der Waals surface area contributed by atoms with Crippen LogP contribution in [-0.4, -0.2) is 42.5 Å². The maximum absolute atomic E-state index is 11.8. The van der Waals surface area contributed by atoms with Crippen molar-refractivity contribution in [2.75, 3.05) is 19.6 Å². The van der Waals surface area contributed by atoms with E-state index in [1.165, 1.54) is 58.0 Å². The van der Waals surface area contributed by atoms with Crippen LogP contribution in [0.4, 0.5) is 0 Å².